The van der Waals surface area contributed by atoms with E-state index in [-0.39, 0.29) is 0 Å². The highest BCUT2D eigenvalue weighted by atomic mass is 16.5. The van der Waals surface area contributed by atoms with E-state index in [1.165, 1.54) is 0 Å². The van der Waals surface area contributed by atoms with Crippen LogP contribution in [0.1, 0.15) is 38.2 Å². The second-order valence-corrected chi connectivity index (χ2v) is 8.32. The molecule has 2 aromatic carbocycles. The minimum atomic E-state index is -1.06. The molecule has 0 spiro atoms. The van der Waals surface area contributed by atoms with E-state index in [4.69, 9.17) is 4.74 Å². The number of piperidine rings is 1. The fourth-order valence-electron chi connectivity index (χ4n) is 4.63. The Morgan fingerprint density at radius 3 is 2.71 bits per heavy atom. The molecule has 2 fully saturated rings. The van der Waals surface area contributed by atoms with Gasteiger partial charge in [-0.1, -0.05) is 43.2 Å². The number of hydrogen-bond donors (Lipinski definition) is 2. The van der Waals surface area contributed by atoms with E-state index < -0.39 is 17.5 Å². The summed E-state index contributed by atoms with van der Waals surface area (Å²) in [6.45, 7) is 4.26. The fraction of sp³-hybridized carbons (Fsp3) is 0.522. The molecule has 4 rings (SSSR count). The summed E-state index contributed by atoms with van der Waals surface area (Å²) in [4.78, 5) is 14.4. The average molecular weight is 383 g/mol. The van der Waals surface area contributed by atoms with E-state index in [0.717, 1.165) is 34.9 Å². The summed E-state index contributed by atoms with van der Waals surface area (Å²) in [5, 5.41) is 22.9. The number of carbonyl (C=O) groups is 1. The molecule has 0 aromatic heterocycles. The van der Waals surface area contributed by atoms with Gasteiger partial charge in [-0.15, -0.1) is 0 Å². The number of carboxylic acid groups (broad SMARTS) is 1. The van der Waals surface area contributed by atoms with Gasteiger partial charge in [0.15, 0.2) is 0 Å². The van der Waals surface area contributed by atoms with Crippen molar-refractivity contribution in [3.8, 4) is 5.75 Å². The van der Waals surface area contributed by atoms with Crippen LogP contribution in [0, 0.1) is 11.3 Å². The average Bonchev–Trinajstić information content (AvgIpc) is 3.50. The van der Waals surface area contributed by atoms with Crippen molar-refractivity contribution in [1.82, 2.24) is 4.90 Å². The molecule has 0 unspecified atom stereocenters. The number of aliphatic hydroxyl groups is 1. The zero-order valence-electron chi connectivity index (χ0n) is 16.4. The molecule has 2 aliphatic rings. The summed E-state index contributed by atoms with van der Waals surface area (Å²) >= 11 is 0. The number of hydrogen-bond acceptors (Lipinski definition) is 4. The van der Waals surface area contributed by atoms with Crippen molar-refractivity contribution in [3.63, 3.8) is 0 Å². The van der Waals surface area contributed by atoms with Gasteiger partial charge >= 0.3 is 5.97 Å². The molecule has 5 nitrogen and oxygen atoms in total. The van der Waals surface area contributed by atoms with E-state index >= 15 is 0 Å². The van der Waals surface area contributed by atoms with Crippen LogP contribution in [0.3, 0.4) is 0 Å². The molecular weight excluding hydrogens is 354 g/mol. The van der Waals surface area contributed by atoms with E-state index in [0.29, 0.717) is 45.0 Å². The van der Waals surface area contributed by atoms with Gasteiger partial charge in [-0.3, -0.25) is 9.69 Å². The van der Waals surface area contributed by atoms with Gasteiger partial charge in [0.1, 0.15) is 11.2 Å². The Labute approximate surface area is 165 Å². The monoisotopic (exact) mass is 383 g/mol. The van der Waals surface area contributed by atoms with Gasteiger partial charge in [0.25, 0.3) is 0 Å². The number of aliphatic hydroxyl groups excluding tert-OH is 1. The molecule has 1 saturated carbocycles. The SMILES string of the molecule is CCOc1ccc2ccccc2c1CN1CC[C@@H](O)[C@](CC2CC2)(C(=O)O)C1. The van der Waals surface area contributed by atoms with E-state index in [9.17, 15) is 15.0 Å². The predicted octanol–water partition coefficient (Wildman–Crippen LogP) is 3.68. The molecule has 2 N–H and O–H groups in total. The topological polar surface area (TPSA) is 70.0 Å². The molecular formula is C23H29NO4. The predicted molar refractivity (Wildman–Crippen MR) is 108 cm³/mol. The standard InChI is InChI=1S/C23H29NO4/c1-2-28-20-10-9-17-5-3-4-6-18(17)19(20)14-24-12-11-21(25)23(15-24,22(26)27)13-16-7-8-16/h3-6,9-10,16,21,25H,2,7-8,11-15H2,1H3,(H,26,27)/t21-,23-/m1/s1. The number of ether oxygens (including phenoxy) is 1. The summed E-state index contributed by atoms with van der Waals surface area (Å²) in [7, 11) is 0. The Balaban J connectivity index is 1.65. The number of nitrogens with zero attached hydrogens (tertiary/aromatic N) is 1. The second-order valence-electron chi connectivity index (χ2n) is 8.32. The highest BCUT2D eigenvalue weighted by molar-refractivity contribution is 5.87. The number of benzene rings is 2. The van der Waals surface area contributed by atoms with E-state index in [2.05, 4.69) is 23.1 Å². The molecule has 150 valence electrons. The molecule has 0 amide bonds. The smallest absolute Gasteiger partial charge is 0.313 e. The number of carboxylic acids is 1. The third kappa shape index (κ3) is 3.61. The lowest BCUT2D eigenvalue weighted by atomic mass is 9.73. The third-order valence-electron chi connectivity index (χ3n) is 6.32. The number of aliphatic carboxylic acids is 1. The van der Waals surface area contributed by atoms with Crippen molar-refractivity contribution in [1.29, 1.82) is 0 Å². The van der Waals surface area contributed by atoms with Gasteiger partial charge in [0.2, 0.25) is 0 Å². The maximum absolute atomic E-state index is 12.2. The first-order valence-electron chi connectivity index (χ1n) is 10.3. The van der Waals surface area contributed by atoms with Crippen LogP contribution in [-0.4, -0.2) is 46.9 Å². The van der Waals surface area contributed by atoms with Crippen molar-refractivity contribution in [2.24, 2.45) is 11.3 Å². The lowest BCUT2D eigenvalue weighted by molar-refractivity contribution is -0.165. The summed E-state index contributed by atoms with van der Waals surface area (Å²) in [6, 6.07) is 12.3. The lowest BCUT2D eigenvalue weighted by Crippen LogP contribution is -2.56. The zero-order chi connectivity index (χ0) is 19.7. The van der Waals surface area contributed by atoms with Crippen molar-refractivity contribution in [3.05, 3.63) is 42.0 Å². The second kappa shape index (κ2) is 7.72. The van der Waals surface area contributed by atoms with Crippen LogP contribution < -0.4 is 4.74 Å². The van der Waals surface area contributed by atoms with Crippen molar-refractivity contribution >= 4 is 16.7 Å². The molecule has 2 aromatic rings. The van der Waals surface area contributed by atoms with Crippen LogP contribution in [0.15, 0.2) is 36.4 Å². The first-order chi connectivity index (χ1) is 13.5. The molecule has 5 heteroatoms. The third-order valence-corrected chi connectivity index (χ3v) is 6.32. The summed E-state index contributed by atoms with van der Waals surface area (Å²) in [5.41, 5.74) is 0.0394. The van der Waals surface area contributed by atoms with Crippen molar-refractivity contribution < 1.29 is 19.7 Å². The van der Waals surface area contributed by atoms with Gasteiger partial charge < -0.3 is 14.9 Å². The normalized spacial score (nSPS) is 25.7. The molecule has 28 heavy (non-hydrogen) atoms. The Kier molecular flexibility index (Phi) is 5.30. The maximum atomic E-state index is 12.2. The van der Waals surface area contributed by atoms with Gasteiger partial charge in [0.05, 0.1) is 12.7 Å². The molecule has 1 saturated heterocycles. The Morgan fingerprint density at radius 2 is 2.00 bits per heavy atom. The van der Waals surface area contributed by atoms with Crippen LogP contribution in [0.25, 0.3) is 10.8 Å². The molecule has 0 bridgehead atoms. The van der Waals surface area contributed by atoms with Crippen LogP contribution in [-0.2, 0) is 11.3 Å². The minimum Gasteiger partial charge on any atom is -0.494 e. The van der Waals surface area contributed by atoms with Crippen LogP contribution in [0.5, 0.6) is 5.75 Å². The lowest BCUT2D eigenvalue weighted by Gasteiger charge is -2.43. The Morgan fingerprint density at radius 1 is 1.21 bits per heavy atom. The number of likely N-dealkylation sites (tertiary alicyclic amines) is 1. The highest BCUT2D eigenvalue weighted by Gasteiger charge is 2.51. The highest BCUT2D eigenvalue weighted by Crippen LogP contribution is 2.45. The molecule has 1 aliphatic carbocycles. The minimum absolute atomic E-state index is 0.384. The summed E-state index contributed by atoms with van der Waals surface area (Å²) in [5.74, 6) is 0.442. The van der Waals surface area contributed by atoms with Gasteiger partial charge in [0, 0.05) is 25.2 Å². The van der Waals surface area contributed by atoms with Gasteiger partial charge in [-0.05, 0) is 42.5 Å². The van der Waals surface area contributed by atoms with E-state index in [1.807, 2.05) is 25.1 Å². The van der Waals surface area contributed by atoms with Crippen LogP contribution >= 0.6 is 0 Å². The maximum Gasteiger partial charge on any atom is 0.313 e. The quantitative estimate of drug-likeness (QED) is 0.763. The van der Waals surface area contributed by atoms with Crippen LogP contribution in [0.4, 0.5) is 0 Å². The molecule has 1 aliphatic heterocycles. The molecule has 2 atom stereocenters. The van der Waals surface area contributed by atoms with Gasteiger partial charge in [-0.25, -0.2) is 0 Å². The number of fused-ring (bicyclic) bond motifs is 1. The van der Waals surface area contributed by atoms with Crippen molar-refractivity contribution in [2.45, 2.75) is 45.3 Å². The van der Waals surface area contributed by atoms with E-state index in [1.54, 1.807) is 0 Å². The zero-order valence-corrected chi connectivity index (χ0v) is 16.4. The number of rotatable bonds is 7. The Hall–Kier alpha value is -2.11. The first-order valence-corrected chi connectivity index (χ1v) is 10.3. The fourth-order valence-corrected chi connectivity index (χ4v) is 4.63. The molecule has 1 heterocycles. The molecule has 0 radical (unpaired) electrons. The Bertz CT molecular complexity index is 863. The largest absolute Gasteiger partial charge is 0.494 e. The summed E-state index contributed by atoms with van der Waals surface area (Å²) in [6.07, 6.45) is 2.46. The van der Waals surface area contributed by atoms with Crippen LogP contribution in [0.2, 0.25) is 0 Å². The first kappa shape index (κ1) is 19.2. The van der Waals surface area contributed by atoms with Gasteiger partial charge in [-0.2, -0.15) is 0 Å². The summed E-state index contributed by atoms with van der Waals surface area (Å²) < 4.78 is 5.89. The van der Waals surface area contributed by atoms with Crippen molar-refractivity contribution in [2.75, 3.05) is 19.7 Å².